The number of carbonyl (C=O) groups excluding carboxylic acids is 1. The maximum atomic E-state index is 12.2. The molecule has 0 atom stereocenters. The van der Waals surface area contributed by atoms with Crippen molar-refractivity contribution in [1.29, 1.82) is 0 Å². The first-order valence-corrected chi connectivity index (χ1v) is 5.84. The average molecular weight is 243 g/mol. The van der Waals surface area contributed by atoms with Crippen molar-refractivity contribution in [1.82, 2.24) is 15.1 Å². The number of nitrogens with zero attached hydrogens (tertiary/aromatic N) is 2. The van der Waals surface area contributed by atoms with Crippen LogP contribution < -0.4 is 5.32 Å². The summed E-state index contributed by atoms with van der Waals surface area (Å²) in [6, 6.07) is -0.221. The Kier molecular flexibility index (Phi) is 4.34. The zero-order chi connectivity index (χ0) is 13.1. The fraction of sp³-hybridized carbons (Fsp3) is 0.818. The van der Waals surface area contributed by atoms with Gasteiger partial charge in [-0.2, -0.15) is 0 Å². The molecule has 6 heteroatoms. The van der Waals surface area contributed by atoms with Crippen molar-refractivity contribution in [2.45, 2.75) is 25.8 Å². The van der Waals surface area contributed by atoms with Crippen LogP contribution in [0.3, 0.4) is 0 Å². The van der Waals surface area contributed by atoms with Crippen LogP contribution in [0.25, 0.3) is 0 Å². The predicted molar refractivity (Wildman–Crippen MR) is 63.9 cm³/mol. The van der Waals surface area contributed by atoms with Crippen molar-refractivity contribution in [3.63, 3.8) is 0 Å². The topological polar surface area (TPSA) is 72.9 Å². The Morgan fingerprint density at radius 3 is 2.53 bits per heavy atom. The summed E-state index contributed by atoms with van der Waals surface area (Å²) in [7, 11) is 1.54. The molecular weight excluding hydrogens is 222 g/mol. The van der Waals surface area contributed by atoms with Crippen LogP contribution in [-0.2, 0) is 4.79 Å². The molecule has 0 aromatic carbocycles. The molecule has 2 N–H and O–H groups in total. The number of urea groups is 1. The summed E-state index contributed by atoms with van der Waals surface area (Å²) < 4.78 is 0. The lowest BCUT2D eigenvalue weighted by Gasteiger charge is -2.35. The van der Waals surface area contributed by atoms with Gasteiger partial charge in [-0.3, -0.25) is 0 Å². The molecule has 0 bridgehead atoms. The third-order valence-corrected chi connectivity index (χ3v) is 3.26. The Labute approximate surface area is 102 Å². The van der Waals surface area contributed by atoms with Crippen LogP contribution in [0.1, 0.15) is 20.3 Å². The monoisotopic (exact) mass is 243 g/mol. The van der Waals surface area contributed by atoms with E-state index in [2.05, 4.69) is 5.32 Å². The van der Waals surface area contributed by atoms with E-state index in [-0.39, 0.29) is 6.03 Å². The first kappa shape index (κ1) is 13.8. The minimum Gasteiger partial charge on any atom is -0.480 e. The van der Waals surface area contributed by atoms with Gasteiger partial charge in [-0.15, -0.1) is 0 Å². The molecule has 17 heavy (non-hydrogen) atoms. The van der Waals surface area contributed by atoms with Gasteiger partial charge in [0.15, 0.2) is 0 Å². The Bertz CT molecular complexity index is 296. The summed E-state index contributed by atoms with van der Waals surface area (Å²) in [4.78, 5) is 26.2. The third kappa shape index (κ3) is 3.09. The quantitative estimate of drug-likeness (QED) is 0.726. The van der Waals surface area contributed by atoms with E-state index < -0.39 is 11.5 Å². The molecule has 98 valence electrons. The molecule has 0 aromatic rings. The normalized spacial score (nSPS) is 17.5. The number of rotatable bonds is 2. The summed E-state index contributed by atoms with van der Waals surface area (Å²) in [6.07, 6.45) is 0.896. The number of amides is 2. The summed E-state index contributed by atoms with van der Waals surface area (Å²) >= 11 is 0. The molecule has 0 radical (unpaired) electrons. The summed E-state index contributed by atoms with van der Waals surface area (Å²) in [6.45, 7) is 6.01. The van der Waals surface area contributed by atoms with Gasteiger partial charge in [-0.1, -0.05) is 0 Å². The number of hydrogen-bond acceptors (Lipinski definition) is 3. The molecule has 0 saturated carbocycles. The van der Waals surface area contributed by atoms with Gasteiger partial charge in [0.25, 0.3) is 0 Å². The van der Waals surface area contributed by atoms with Gasteiger partial charge in [0.1, 0.15) is 5.54 Å². The van der Waals surface area contributed by atoms with Crippen LogP contribution in [0.5, 0.6) is 0 Å². The molecular formula is C11H21N3O3. The van der Waals surface area contributed by atoms with E-state index in [9.17, 15) is 9.59 Å². The lowest BCUT2D eigenvalue weighted by molar-refractivity contribution is -0.147. The fourth-order valence-corrected chi connectivity index (χ4v) is 1.63. The molecule has 1 saturated heterocycles. The van der Waals surface area contributed by atoms with Crippen LogP contribution in [0.15, 0.2) is 0 Å². The van der Waals surface area contributed by atoms with Crippen LogP contribution in [0.2, 0.25) is 0 Å². The second kappa shape index (κ2) is 5.35. The highest BCUT2D eigenvalue weighted by Crippen LogP contribution is 2.15. The maximum Gasteiger partial charge on any atom is 0.329 e. The smallest absolute Gasteiger partial charge is 0.329 e. The molecule has 1 aliphatic heterocycles. The standard InChI is InChI=1S/C11H21N3O3/c1-11(2,9(15)16)13(3)10(17)14-7-4-5-12-6-8-14/h12H,4-8H2,1-3H3,(H,15,16). The van der Waals surface area contributed by atoms with Gasteiger partial charge in [0, 0.05) is 26.7 Å². The van der Waals surface area contributed by atoms with Crippen molar-refractivity contribution in [2.75, 3.05) is 33.2 Å². The van der Waals surface area contributed by atoms with E-state index in [4.69, 9.17) is 5.11 Å². The molecule has 6 nitrogen and oxygen atoms in total. The van der Waals surface area contributed by atoms with Crippen LogP contribution in [-0.4, -0.2) is 65.7 Å². The molecule has 0 unspecified atom stereocenters. The number of aliphatic carboxylic acids is 1. The first-order chi connectivity index (χ1) is 7.87. The van der Waals surface area contributed by atoms with Crippen molar-refractivity contribution in [3.8, 4) is 0 Å². The third-order valence-electron chi connectivity index (χ3n) is 3.26. The number of carboxylic acid groups (broad SMARTS) is 1. The van der Waals surface area contributed by atoms with E-state index in [1.165, 1.54) is 25.8 Å². The fourth-order valence-electron chi connectivity index (χ4n) is 1.63. The molecule has 1 rings (SSSR count). The zero-order valence-electron chi connectivity index (χ0n) is 10.7. The summed E-state index contributed by atoms with van der Waals surface area (Å²) in [5.74, 6) is -0.999. The van der Waals surface area contributed by atoms with Crippen LogP contribution >= 0.6 is 0 Å². The molecule has 1 fully saturated rings. The van der Waals surface area contributed by atoms with Gasteiger partial charge in [-0.25, -0.2) is 9.59 Å². The number of carbonyl (C=O) groups is 2. The van der Waals surface area contributed by atoms with Gasteiger partial charge >= 0.3 is 12.0 Å². The molecule has 1 heterocycles. The Morgan fingerprint density at radius 1 is 1.29 bits per heavy atom. The van der Waals surface area contributed by atoms with Crippen LogP contribution in [0, 0.1) is 0 Å². The first-order valence-electron chi connectivity index (χ1n) is 5.84. The lowest BCUT2D eigenvalue weighted by atomic mass is 10.0. The van der Waals surface area contributed by atoms with E-state index in [0.29, 0.717) is 13.1 Å². The highest BCUT2D eigenvalue weighted by Gasteiger charge is 2.37. The second-order valence-corrected chi connectivity index (χ2v) is 4.80. The summed E-state index contributed by atoms with van der Waals surface area (Å²) in [5, 5.41) is 12.3. The van der Waals surface area contributed by atoms with Crippen molar-refractivity contribution >= 4 is 12.0 Å². The molecule has 1 aliphatic rings. The number of hydrogen-bond donors (Lipinski definition) is 2. The van der Waals surface area contributed by atoms with Gasteiger partial charge in [0.2, 0.25) is 0 Å². The number of likely N-dealkylation sites (N-methyl/N-ethyl adjacent to an activating group) is 1. The van der Waals surface area contributed by atoms with E-state index in [0.717, 1.165) is 19.5 Å². The Hall–Kier alpha value is -1.30. The average Bonchev–Trinajstić information content (AvgIpc) is 2.55. The minimum absolute atomic E-state index is 0.221. The van der Waals surface area contributed by atoms with E-state index in [1.54, 1.807) is 4.90 Å². The zero-order valence-corrected chi connectivity index (χ0v) is 10.7. The van der Waals surface area contributed by atoms with E-state index in [1.807, 2.05) is 0 Å². The van der Waals surface area contributed by atoms with Gasteiger partial charge in [-0.05, 0) is 26.8 Å². The Morgan fingerprint density at radius 2 is 1.94 bits per heavy atom. The second-order valence-electron chi connectivity index (χ2n) is 4.80. The highest BCUT2D eigenvalue weighted by atomic mass is 16.4. The van der Waals surface area contributed by atoms with E-state index >= 15 is 0 Å². The molecule has 0 aliphatic carbocycles. The SMILES string of the molecule is CN(C(=O)N1CCCNCC1)C(C)(C)C(=O)O. The van der Waals surface area contributed by atoms with Gasteiger partial charge < -0.3 is 20.2 Å². The lowest BCUT2D eigenvalue weighted by Crippen LogP contribution is -2.55. The minimum atomic E-state index is -1.18. The predicted octanol–water partition coefficient (Wildman–Crippen LogP) is 0.197. The van der Waals surface area contributed by atoms with Crippen molar-refractivity contribution in [3.05, 3.63) is 0 Å². The molecule has 2 amide bonds. The largest absolute Gasteiger partial charge is 0.480 e. The van der Waals surface area contributed by atoms with Gasteiger partial charge in [0.05, 0.1) is 0 Å². The van der Waals surface area contributed by atoms with Crippen LogP contribution in [0.4, 0.5) is 4.79 Å². The Balaban J connectivity index is 2.71. The van der Waals surface area contributed by atoms with Crippen molar-refractivity contribution < 1.29 is 14.7 Å². The summed E-state index contributed by atoms with van der Waals surface area (Å²) in [5.41, 5.74) is -1.18. The molecule has 0 aromatic heterocycles. The highest BCUT2D eigenvalue weighted by molar-refractivity contribution is 5.85. The van der Waals surface area contributed by atoms with Crippen molar-refractivity contribution in [2.24, 2.45) is 0 Å². The number of nitrogens with one attached hydrogen (secondary N) is 1. The molecule has 0 spiro atoms. The maximum absolute atomic E-state index is 12.2. The number of carboxylic acids is 1.